The molecule has 0 fully saturated rings. The van der Waals surface area contributed by atoms with E-state index in [2.05, 4.69) is 31.1 Å². The van der Waals surface area contributed by atoms with Crippen LogP contribution in [0, 0.1) is 6.92 Å². The third kappa shape index (κ3) is 2.24. The molecule has 0 aliphatic heterocycles. The second kappa shape index (κ2) is 4.72. The molecule has 90 valence electrons. The summed E-state index contributed by atoms with van der Waals surface area (Å²) in [6.45, 7) is 6.29. The molecule has 0 saturated heterocycles. The highest BCUT2D eigenvalue weighted by Gasteiger charge is 2.11. The van der Waals surface area contributed by atoms with Gasteiger partial charge in [-0.25, -0.2) is 0 Å². The standard InChI is InChI=1S/C14H18N2O/c1-10(2)16-14(6-7-15-16)13-5-4-11(3)8-12(13)9-17/h4-8,10,17H,9H2,1-3H3. The van der Waals surface area contributed by atoms with Crippen molar-refractivity contribution in [1.29, 1.82) is 0 Å². The molecule has 0 aliphatic rings. The topological polar surface area (TPSA) is 38.0 Å². The molecule has 3 heteroatoms. The summed E-state index contributed by atoms with van der Waals surface area (Å²) in [7, 11) is 0. The molecule has 2 rings (SSSR count). The van der Waals surface area contributed by atoms with E-state index < -0.39 is 0 Å². The molecule has 1 aromatic carbocycles. The lowest BCUT2D eigenvalue weighted by Crippen LogP contribution is -2.05. The number of aryl methyl sites for hydroxylation is 1. The van der Waals surface area contributed by atoms with E-state index in [4.69, 9.17) is 0 Å². The summed E-state index contributed by atoms with van der Waals surface area (Å²) in [6.07, 6.45) is 1.80. The molecule has 1 N–H and O–H groups in total. The van der Waals surface area contributed by atoms with Crippen LogP contribution in [0.5, 0.6) is 0 Å². The molecule has 1 heterocycles. The first-order chi connectivity index (χ1) is 8.13. The van der Waals surface area contributed by atoms with Crippen LogP contribution in [0.25, 0.3) is 11.3 Å². The molecule has 1 aromatic heterocycles. The van der Waals surface area contributed by atoms with Crippen LogP contribution in [0.2, 0.25) is 0 Å². The first-order valence-corrected chi connectivity index (χ1v) is 5.87. The van der Waals surface area contributed by atoms with Gasteiger partial charge in [-0.2, -0.15) is 5.10 Å². The molecule has 17 heavy (non-hydrogen) atoms. The van der Waals surface area contributed by atoms with Gasteiger partial charge in [0, 0.05) is 17.8 Å². The molecular formula is C14H18N2O. The lowest BCUT2D eigenvalue weighted by atomic mass is 10.0. The molecule has 2 aromatic rings. The number of rotatable bonds is 3. The number of hydrogen-bond acceptors (Lipinski definition) is 2. The number of aliphatic hydroxyl groups excluding tert-OH is 1. The first kappa shape index (κ1) is 11.9. The maximum atomic E-state index is 9.44. The van der Waals surface area contributed by atoms with E-state index >= 15 is 0 Å². The fourth-order valence-electron chi connectivity index (χ4n) is 2.04. The van der Waals surface area contributed by atoms with E-state index in [1.807, 2.05) is 23.7 Å². The van der Waals surface area contributed by atoms with Crippen molar-refractivity contribution in [3.05, 3.63) is 41.6 Å². The largest absolute Gasteiger partial charge is 0.392 e. The minimum absolute atomic E-state index is 0.0558. The van der Waals surface area contributed by atoms with Gasteiger partial charge in [0.15, 0.2) is 0 Å². The van der Waals surface area contributed by atoms with Gasteiger partial charge in [-0.15, -0.1) is 0 Å². The molecule has 0 unspecified atom stereocenters. The van der Waals surface area contributed by atoms with Crippen LogP contribution in [0.1, 0.15) is 31.0 Å². The summed E-state index contributed by atoms with van der Waals surface area (Å²) in [5.41, 5.74) is 4.23. The van der Waals surface area contributed by atoms with Gasteiger partial charge in [0.2, 0.25) is 0 Å². The third-order valence-electron chi connectivity index (χ3n) is 2.87. The van der Waals surface area contributed by atoms with Gasteiger partial charge in [0.25, 0.3) is 0 Å². The van der Waals surface area contributed by atoms with E-state index in [0.717, 1.165) is 22.4 Å². The molecular weight excluding hydrogens is 212 g/mol. The minimum Gasteiger partial charge on any atom is -0.392 e. The van der Waals surface area contributed by atoms with Gasteiger partial charge >= 0.3 is 0 Å². The van der Waals surface area contributed by atoms with Crippen molar-refractivity contribution in [2.75, 3.05) is 0 Å². The summed E-state index contributed by atoms with van der Waals surface area (Å²) in [4.78, 5) is 0. The van der Waals surface area contributed by atoms with Crippen molar-refractivity contribution in [2.45, 2.75) is 33.4 Å². The number of benzene rings is 1. The van der Waals surface area contributed by atoms with Crippen LogP contribution >= 0.6 is 0 Å². The Morgan fingerprint density at radius 2 is 2.06 bits per heavy atom. The van der Waals surface area contributed by atoms with Crippen molar-refractivity contribution in [3.63, 3.8) is 0 Å². The Kier molecular flexibility index (Phi) is 3.29. The summed E-state index contributed by atoms with van der Waals surface area (Å²) < 4.78 is 1.98. The van der Waals surface area contributed by atoms with Crippen molar-refractivity contribution in [2.24, 2.45) is 0 Å². The first-order valence-electron chi connectivity index (χ1n) is 5.87. The summed E-state index contributed by atoms with van der Waals surface area (Å²) in [5, 5.41) is 13.8. The van der Waals surface area contributed by atoms with E-state index in [0.29, 0.717) is 6.04 Å². The predicted octanol–water partition coefficient (Wildman–Crippen LogP) is 2.93. The van der Waals surface area contributed by atoms with Gasteiger partial charge in [0.1, 0.15) is 0 Å². The Bertz CT molecular complexity index is 515. The monoisotopic (exact) mass is 230 g/mol. The van der Waals surface area contributed by atoms with Crippen LogP contribution in [0.15, 0.2) is 30.5 Å². The Morgan fingerprint density at radius 3 is 2.71 bits per heavy atom. The number of aromatic nitrogens is 2. The minimum atomic E-state index is 0.0558. The molecule has 0 spiro atoms. The van der Waals surface area contributed by atoms with E-state index in [9.17, 15) is 5.11 Å². The number of nitrogens with zero attached hydrogens (tertiary/aromatic N) is 2. The fourth-order valence-corrected chi connectivity index (χ4v) is 2.04. The van der Waals surface area contributed by atoms with E-state index in [1.165, 1.54) is 0 Å². The maximum absolute atomic E-state index is 9.44. The summed E-state index contributed by atoms with van der Waals surface area (Å²) in [6, 6.07) is 8.44. The van der Waals surface area contributed by atoms with Crippen LogP contribution in [0.4, 0.5) is 0 Å². The highest BCUT2D eigenvalue weighted by atomic mass is 16.3. The molecule has 0 aliphatic carbocycles. The molecule has 0 radical (unpaired) electrons. The van der Waals surface area contributed by atoms with E-state index in [-0.39, 0.29) is 6.61 Å². The number of hydrogen-bond donors (Lipinski definition) is 1. The zero-order valence-electron chi connectivity index (χ0n) is 10.5. The van der Waals surface area contributed by atoms with Crippen LogP contribution in [0.3, 0.4) is 0 Å². The third-order valence-corrected chi connectivity index (χ3v) is 2.87. The van der Waals surface area contributed by atoms with Crippen LogP contribution < -0.4 is 0 Å². The Hall–Kier alpha value is -1.61. The van der Waals surface area contributed by atoms with Gasteiger partial charge < -0.3 is 5.11 Å². The van der Waals surface area contributed by atoms with Crippen molar-refractivity contribution >= 4 is 0 Å². The van der Waals surface area contributed by atoms with Crippen molar-refractivity contribution < 1.29 is 5.11 Å². The molecule has 0 amide bonds. The SMILES string of the molecule is Cc1ccc(-c2ccnn2C(C)C)c(CO)c1. The molecule has 0 saturated carbocycles. The van der Waals surface area contributed by atoms with Crippen LogP contribution in [-0.4, -0.2) is 14.9 Å². The Labute approximate surface area is 102 Å². The van der Waals surface area contributed by atoms with Crippen LogP contribution in [-0.2, 0) is 6.61 Å². The quantitative estimate of drug-likeness (QED) is 0.880. The zero-order chi connectivity index (χ0) is 12.4. The average Bonchev–Trinajstić information content (AvgIpc) is 2.77. The second-order valence-electron chi connectivity index (χ2n) is 4.57. The van der Waals surface area contributed by atoms with E-state index in [1.54, 1.807) is 6.20 Å². The fraction of sp³-hybridized carbons (Fsp3) is 0.357. The lowest BCUT2D eigenvalue weighted by Gasteiger charge is -2.14. The Morgan fingerprint density at radius 1 is 1.29 bits per heavy atom. The lowest BCUT2D eigenvalue weighted by molar-refractivity contribution is 0.282. The molecule has 3 nitrogen and oxygen atoms in total. The zero-order valence-corrected chi connectivity index (χ0v) is 10.5. The average molecular weight is 230 g/mol. The van der Waals surface area contributed by atoms with Gasteiger partial charge in [0.05, 0.1) is 12.3 Å². The maximum Gasteiger partial charge on any atom is 0.0688 e. The van der Waals surface area contributed by atoms with Crippen molar-refractivity contribution in [3.8, 4) is 11.3 Å². The number of aliphatic hydroxyl groups is 1. The molecule has 0 atom stereocenters. The Balaban J connectivity index is 2.56. The smallest absolute Gasteiger partial charge is 0.0688 e. The normalized spacial score (nSPS) is 11.1. The molecule has 0 bridgehead atoms. The van der Waals surface area contributed by atoms with Gasteiger partial charge in [-0.05, 0) is 32.4 Å². The highest BCUT2D eigenvalue weighted by molar-refractivity contribution is 5.64. The van der Waals surface area contributed by atoms with Crippen molar-refractivity contribution in [1.82, 2.24) is 9.78 Å². The predicted molar refractivity (Wildman–Crippen MR) is 68.7 cm³/mol. The van der Waals surface area contributed by atoms with Gasteiger partial charge in [-0.1, -0.05) is 23.8 Å². The summed E-state index contributed by atoms with van der Waals surface area (Å²) >= 11 is 0. The van der Waals surface area contributed by atoms with Gasteiger partial charge in [-0.3, -0.25) is 4.68 Å². The highest BCUT2D eigenvalue weighted by Crippen LogP contribution is 2.26. The summed E-state index contributed by atoms with van der Waals surface area (Å²) in [5.74, 6) is 0. The second-order valence-corrected chi connectivity index (χ2v) is 4.57.